The lowest BCUT2D eigenvalue weighted by Crippen LogP contribution is -2.71. The fourth-order valence-electron chi connectivity index (χ4n) is 1.70. The summed E-state index contributed by atoms with van der Waals surface area (Å²) in [6.45, 7) is -0.922. The second kappa shape index (κ2) is 5.18. The number of benzene rings is 1. The Balaban J connectivity index is 2.12. The summed E-state index contributed by atoms with van der Waals surface area (Å²) in [5.74, 6) is -6.29. The van der Waals surface area contributed by atoms with E-state index < -0.39 is 35.5 Å². The summed E-state index contributed by atoms with van der Waals surface area (Å²) in [6, 6.07) is 4.70. The monoisotopic (exact) mass is 303 g/mol. The molecular weight excluding hydrogens is 290 g/mol. The molecule has 2 atom stereocenters. The van der Waals surface area contributed by atoms with Crippen molar-refractivity contribution in [1.82, 2.24) is 0 Å². The van der Waals surface area contributed by atoms with Crippen molar-refractivity contribution in [2.45, 2.75) is 24.0 Å². The van der Waals surface area contributed by atoms with E-state index in [1.54, 1.807) is 0 Å². The molecule has 0 radical (unpaired) electrons. The van der Waals surface area contributed by atoms with Gasteiger partial charge >= 0.3 is 0 Å². The van der Waals surface area contributed by atoms with Crippen molar-refractivity contribution in [3.63, 3.8) is 0 Å². The molecule has 116 valence electrons. The molecule has 1 aromatic carbocycles. The lowest BCUT2D eigenvalue weighted by molar-refractivity contribution is -0.443. The van der Waals surface area contributed by atoms with Gasteiger partial charge in [-0.2, -0.15) is 0 Å². The zero-order chi connectivity index (χ0) is 15.8. The lowest BCUT2D eigenvalue weighted by atomic mass is 9.97. The van der Waals surface area contributed by atoms with Gasteiger partial charge in [-0.25, -0.2) is 0 Å². The molecule has 1 aromatic rings. The van der Waals surface area contributed by atoms with Gasteiger partial charge in [0.15, 0.2) is 6.10 Å². The van der Waals surface area contributed by atoms with Crippen LogP contribution in [-0.2, 0) is 4.74 Å². The van der Waals surface area contributed by atoms with Crippen LogP contribution >= 0.6 is 0 Å². The second-order valence-electron chi connectivity index (χ2n) is 4.54. The minimum atomic E-state index is -3.27. The normalized spacial score (nSPS) is 27.1. The molecule has 0 aliphatic carbocycles. The predicted molar refractivity (Wildman–Crippen MR) is 63.8 cm³/mol. The summed E-state index contributed by atoms with van der Waals surface area (Å²) in [5.41, 5.74) is -0.184. The fraction of sp³-hybridized carbons (Fsp3) is 0.455. The fourth-order valence-corrected chi connectivity index (χ4v) is 1.70. The molecule has 2 rings (SSSR count). The number of nitro groups is 1. The van der Waals surface area contributed by atoms with Gasteiger partial charge in [0.1, 0.15) is 12.4 Å². The molecule has 0 aromatic heterocycles. The Bertz CT molecular complexity index is 527. The molecule has 1 heterocycles. The van der Waals surface area contributed by atoms with E-state index in [1.165, 1.54) is 12.1 Å². The van der Waals surface area contributed by atoms with Crippen molar-refractivity contribution in [1.29, 1.82) is 0 Å². The Morgan fingerprint density at radius 3 is 2.33 bits per heavy atom. The third-order valence-corrected chi connectivity index (χ3v) is 3.01. The highest BCUT2D eigenvalue weighted by Gasteiger charge is 2.60. The van der Waals surface area contributed by atoms with Gasteiger partial charge < -0.3 is 35.0 Å². The molecule has 0 bridgehead atoms. The molecule has 21 heavy (non-hydrogen) atoms. The van der Waals surface area contributed by atoms with Gasteiger partial charge in [0.25, 0.3) is 11.5 Å². The summed E-state index contributed by atoms with van der Waals surface area (Å²) >= 11 is 0. The van der Waals surface area contributed by atoms with Crippen molar-refractivity contribution in [3.05, 3.63) is 34.4 Å². The van der Waals surface area contributed by atoms with Crippen molar-refractivity contribution in [3.8, 4) is 5.75 Å². The first-order valence-corrected chi connectivity index (χ1v) is 5.75. The smallest absolute Gasteiger partial charge is 0.269 e. The van der Waals surface area contributed by atoms with Crippen molar-refractivity contribution in [2.24, 2.45) is 0 Å². The molecular formula is C11H13NO9. The zero-order valence-corrected chi connectivity index (χ0v) is 10.5. The van der Waals surface area contributed by atoms with E-state index in [2.05, 4.69) is 0 Å². The van der Waals surface area contributed by atoms with Crippen molar-refractivity contribution >= 4 is 5.69 Å². The molecule has 0 unspecified atom stereocenters. The van der Waals surface area contributed by atoms with Gasteiger partial charge in [-0.1, -0.05) is 0 Å². The van der Waals surface area contributed by atoms with Crippen molar-refractivity contribution in [2.75, 3.05) is 6.61 Å². The number of rotatable bonds is 3. The van der Waals surface area contributed by atoms with Crippen LogP contribution < -0.4 is 4.74 Å². The Labute approximate surface area is 117 Å². The first-order valence-electron chi connectivity index (χ1n) is 5.75. The number of ether oxygens (including phenoxy) is 2. The van der Waals surface area contributed by atoms with Gasteiger partial charge in [0, 0.05) is 12.1 Å². The summed E-state index contributed by atoms with van der Waals surface area (Å²) in [7, 11) is 0. The Morgan fingerprint density at radius 1 is 1.24 bits per heavy atom. The van der Waals surface area contributed by atoms with Crippen LogP contribution in [0.4, 0.5) is 5.69 Å². The largest absolute Gasteiger partial charge is 0.462 e. The number of hydrogen-bond donors (Lipinski definition) is 5. The highest BCUT2D eigenvalue weighted by Crippen LogP contribution is 2.31. The number of aliphatic hydroxyl groups excluding tert-OH is 1. The molecule has 0 spiro atoms. The van der Waals surface area contributed by atoms with E-state index in [9.17, 15) is 35.6 Å². The maximum absolute atomic E-state index is 10.5. The first kappa shape index (κ1) is 15.6. The average molecular weight is 303 g/mol. The van der Waals surface area contributed by atoms with Gasteiger partial charge in [0.05, 0.1) is 4.92 Å². The molecule has 0 amide bonds. The van der Waals surface area contributed by atoms with Gasteiger partial charge in [0.2, 0.25) is 12.1 Å². The van der Waals surface area contributed by atoms with E-state index in [-0.39, 0.29) is 11.4 Å². The van der Waals surface area contributed by atoms with Crippen molar-refractivity contribution < 1.29 is 39.9 Å². The Morgan fingerprint density at radius 2 is 1.81 bits per heavy atom. The maximum atomic E-state index is 10.5. The van der Waals surface area contributed by atoms with Crippen LogP contribution in [0.25, 0.3) is 0 Å². The van der Waals surface area contributed by atoms with Crippen LogP contribution in [0.15, 0.2) is 24.3 Å². The molecule has 5 N–H and O–H groups in total. The number of non-ortho nitro benzene ring substituents is 1. The van der Waals surface area contributed by atoms with Crippen LogP contribution in [0, 0.1) is 10.1 Å². The Hall–Kier alpha value is -1.82. The summed E-state index contributed by atoms with van der Waals surface area (Å²) in [4.78, 5) is 9.87. The van der Waals surface area contributed by atoms with Crippen LogP contribution in [0.2, 0.25) is 0 Å². The number of nitro benzene ring substituents is 1. The minimum absolute atomic E-state index is 0.0452. The first-order chi connectivity index (χ1) is 9.65. The molecule has 1 fully saturated rings. The molecule has 10 nitrogen and oxygen atoms in total. The number of aliphatic hydroxyl groups is 5. The van der Waals surface area contributed by atoms with Crippen LogP contribution in [0.1, 0.15) is 0 Å². The summed E-state index contributed by atoms with van der Waals surface area (Å²) < 4.78 is 9.89. The molecule has 10 heteroatoms. The van der Waals surface area contributed by atoms with Crippen LogP contribution in [0.3, 0.4) is 0 Å². The molecule has 1 saturated heterocycles. The van der Waals surface area contributed by atoms with Gasteiger partial charge in [-0.05, 0) is 12.1 Å². The van der Waals surface area contributed by atoms with Crippen LogP contribution in [-0.4, -0.2) is 61.0 Å². The van der Waals surface area contributed by atoms with Gasteiger partial charge in [-0.15, -0.1) is 0 Å². The maximum Gasteiger partial charge on any atom is 0.269 e. The summed E-state index contributed by atoms with van der Waals surface area (Å²) in [6.07, 6.45) is -3.79. The SMILES string of the molecule is O=[N+]([O-])c1ccc(O[C@@H]2OCC(O)(O)C(O)(O)[C@H]2O)cc1. The van der Waals surface area contributed by atoms with E-state index in [1.807, 2.05) is 0 Å². The Kier molecular flexibility index (Phi) is 3.84. The number of nitrogens with zero attached hydrogens (tertiary/aromatic N) is 1. The zero-order valence-electron chi connectivity index (χ0n) is 10.5. The van der Waals surface area contributed by atoms with E-state index >= 15 is 0 Å². The average Bonchev–Trinajstić information content (AvgIpc) is 2.41. The molecule has 1 aliphatic rings. The minimum Gasteiger partial charge on any atom is -0.462 e. The van der Waals surface area contributed by atoms with Gasteiger partial charge in [-0.3, -0.25) is 10.1 Å². The third kappa shape index (κ3) is 2.81. The topological polar surface area (TPSA) is 163 Å². The second-order valence-corrected chi connectivity index (χ2v) is 4.54. The standard InChI is InChI=1S/C11H13NO9/c13-8-9(20-5-10(14,15)11(8,16)17)21-7-3-1-6(2-4-7)12(18)19/h1-4,8-9,13-17H,5H2/t8-,9-/m0/s1. The van der Waals surface area contributed by atoms with E-state index in [4.69, 9.17) is 9.47 Å². The lowest BCUT2D eigenvalue weighted by Gasteiger charge is -2.44. The van der Waals surface area contributed by atoms with E-state index in [0.29, 0.717) is 0 Å². The quantitative estimate of drug-likeness (QED) is 0.242. The van der Waals surface area contributed by atoms with E-state index in [0.717, 1.165) is 12.1 Å². The third-order valence-electron chi connectivity index (χ3n) is 3.01. The highest BCUT2D eigenvalue weighted by molar-refractivity contribution is 5.36. The molecule has 1 aliphatic heterocycles. The summed E-state index contributed by atoms with van der Waals surface area (Å²) in [5, 5.41) is 57.7. The van der Waals surface area contributed by atoms with Crippen LogP contribution in [0.5, 0.6) is 5.75 Å². The highest BCUT2D eigenvalue weighted by atomic mass is 16.7. The number of hydrogen-bond acceptors (Lipinski definition) is 9. The molecule has 0 saturated carbocycles. The predicted octanol–water partition coefficient (Wildman–Crippen LogP) is -1.95.